The number of ether oxygens (including phenoxy) is 4. The molecule has 0 spiro atoms. The van der Waals surface area contributed by atoms with E-state index in [0.717, 1.165) is 112 Å². The second kappa shape index (κ2) is 29.8. The van der Waals surface area contributed by atoms with E-state index in [4.69, 9.17) is 18.9 Å². The van der Waals surface area contributed by atoms with Gasteiger partial charge in [0.1, 0.15) is 46.0 Å². The van der Waals surface area contributed by atoms with E-state index in [0.29, 0.717) is 0 Å². The third kappa shape index (κ3) is 11.6. The molecule has 4 aliphatic heterocycles. The molecular formula is C132H76O4. The molecule has 4 heterocycles. The molecule has 0 amide bonds. The quantitative estimate of drug-likeness (QED) is 0.142. The molecule has 30 rings (SSSR count). The van der Waals surface area contributed by atoms with Crippen molar-refractivity contribution in [1.29, 1.82) is 0 Å². The second-order valence-corrected chi connectivity index (χ2v) is 36.5. The van der Waals surface area contributed by atoms with Gasteiger partial charge >= 0.3 is 0 Å². The van der Waals surface area contributed by atoms with Crippen molar-refractivity contribution in [2.45, 2.75) is 0 Å². The normalized spacial score (nSPS) is 12.4. The zero-order valence-corrected chi connectivity index (χ0v) is 73.5. The van der Waals surface area contributed by atoms with Gasteiger partial charge in [-0.25, -0.2) is 0 Å². The Balaban J connectivity index is 0.000000132. The maximum Gasteiger partial charge on any atom is 0.135 e. The van der Waals surface area contributed by atoms with Gasteiger partial charge in [-0.15, -0.1) is 0 Å². The molecule has 4 heteroatoms. The number of benzene rings is 26. The Morgan fingerprint density at radius 3 is 0.750 bits per heavy atom. The Hall–Kier alpha value is -18.0. The van der Waals surface area contributed by atoms with E-state index in [2.05, 4.69) is 449 Å². The first-order valence-electron chi connectivity index (χ1n) is 46.8. The highest BCUT2D eigenvalue weighted by Gasteiger charge is 2.32. The predicted octanol–water partition coefficient (Wildman–Crippen LogP) is 37.6. The first-order valence-corrected chi connectivity index (χ1v) is 46.8. The number of hydrogen-bond acceptors (Lipinski definition) is 4. The van der Waals surface area contributed by atoms with E-state index in [1.807, 2.05) is 12.1 Å². The number of hydrogen-bond donors (Lipinski definition) is 0. The van der Waals surface area contributed by atoms with Crippen LogP contribution in [-0.4, -0.2) is 0 Å². The summed E-state index contributed by atoms with van der Waals surface area (Å²) in [5, 5.41) is 28.5. The van der Waals surface area contributed by atoms with E-state index in [1.54, 1.807) is 0 Å². The van der Waals surface area contributed by atoms with Crippen LogP contribution in [0.5, 0.6) is 46.0 Å². The summed E-state index contributed by atoms with van der Waals surface area (Å²) in [6.07, 6.45) is 0. The maximum atomic E-state index is 6.89. The molecule has 0 fully saturated rings. The molecule has 26 aromatic rings. The van der Waals surface area contributed by atoms with Crippen LogP contribution in [0.4, 0.5) is 0 Å². The summed E-state index contributed by atoms with van der Waals surface area (Å²) in [6.45, 7) is 0. The molecule has 0 unspecified atom stereocenters. The molecule has 0 aliphatic carbocycles. The predicted molar refractivity (Wildman–Crippen MR) is 568 cm³/mol. The lowest BCUT2D eigenvalue weighted by Gasteiger charge is -2.25. The highest BCUT2D eigenvalue weighted by atomic mass is 16.5. The molecule has 0 atom stereocenters. The van der Waals surface area contributed by atoms with Crippen molar-refractivity contribution in [3.05, 3.63) is 461 Å². The van der Waals surface area contributed by atoms with Crippen LogP contribution in [0.2, 0.25) is 0 Å². The number of rotatable bonds is 8. The molecule has 0 N–H and O–H groups in total. The monoisotopic (exact) mass is 1720 g/mol. The highest BCUT2D eigenvalue weighted by Crippen LogP contribution is 2.59. The minimum Gasteiger partial charge on any atom is -0.456 e. The summed E-state index contributed by atoms with van der Waals surface area (Å²) < 4.78 is 27.1. The number of fused-ring (bicyclic) bond motifs is 16. The van der Waals surface area contributed by atoms with Crippen LogP contribution in [-0.2, 0) is 0 Å². The van der Waals surface area contributed by atoms with E-state index in [-0.39, 0.29) is 0 Å². The molecule has 136 heavy (non-hydrogen) atoms. The van der Waals surface area contributed by atoms with Gasteiger partial charge in [0.05, 0.1) is 0 Å². The first-order chi connectivity index (χ1) is 67.4. The van der Waals surface area contributed by atoms with Gasteiger partial charge in [0.15, 0.2) is 0 Å². The van der Waals surface area contributed by atoms with Crippen LogP contribution in [0.15, 0.2) is 461 Å². The van der Waals surface area contributed by atoms with Gasteiger partial charge in [0.25, 0.3) is 0 Å². The first kappa shape index (κ1) is 75.8. The molecule has 4 nitrogen and oxygen atoms in total. The van der Waals surface area contributed by atoms with Crippen molar-refractivity contribution >= 4 is 129 Å². The average molecular weight is 1730 g/mol. The largest absolute Gasteiger partial charge is 0.456 e. The minimum absolute atomic E-state index is 0.862. The summed E-state index contributed by atoms with van der Waals surface area (Å²) >= 11 is 0. The van der Waals surface area contributed by atoms with Crippen LogP contribution >= 0.6 is 0 Å². The Bertz CT molecular complexity index is 9240. The molecule has 4 aliphatic rings. The molecule has 0 aromatic heterocycles. The van der Waals surface area contributed by atoms with Gasteiger partial charge in [-0.1, -0.05) is 370 Å². The molecule has 0 saturated heterocycles. The number of para-hydroxylation sites is 2. The maximum absolute atomic E-state index is 6.89. The minimum atomic E-state index is 0.862. The molecule has 0 saturated carbocycles. The Morgan fingerprint density at radius 2 is 0.338 bits per heavy atom. The molecule has 628 valence electrons. The third-order valence-electron chi connectivity index (χ3n) is 29.3. The zero-order valence-electron chi connectivity index (χ0n) is 73.5. The summed E-state index contributed by atoms with van der Waals surface area (Å²) in [4.78, 5) is 0. The van der Waals surface area contributed by atoms with E-state index in [9.17, 15) is 0 Å². The standard InChI is InChI=1S/2C66H38O2/c1-3-18-45-39(12-1)14-7-21-47(45)42-29-33-56-57(36-42)63(44-30-31-50-51-23-9-16-41-17-10-27-60(64(41)51)68-62(50)38-44)55-32-28-43(48-22-8-15-40-13-2-4-19-46(40)48)37-58(55)65(56)54-34-35-61-66-52(24-11-25-53(54)66)49-20-5-6-26-59(49)67-61;1-3-18-45-39(12-1)14-7-21-47(45)42-29-33-56-57(36-42)63(44-30-31-50-51-23-9-16-41-17-10-26-60(64(41)51)68-62(50)38-44)55-32-28-43(48-22-8-15-40-13-2-4-19-46(40)48)37-58(55)65(56)54-35-34-53-49-20-5-6-25-59(49)67-61-27-11-24-52(54)66(53)61/h2*1-38H. The smallest absolute Gasteiger partial charge is 0.135 e. The van der Waals surface area contributed by atoms with Crippen LogP contribution in [0.25, 0.3) is 263 Å². The van der Waals surface area contributed by atoms with Crippen molar-refractivity contribution in [3.63, 3.8) is 0 Å². The lowest BCUT2D eigenvalue weighted by atomic mass is 9.81. The lowest BCUT2D eigenvalue weighted by molar-refractivity contribution is 0.487. The van der Waals surface area contributed by atoms with Gasteiger partial charge in [0, 0.05) is 43.8 Å². The topological polar surface area (TPSA) is 36.9 Å². The summed E-state index contributed by atoms with van der Waals surface area (Å²) in [7, 11) is 0. The fourth-order valence-electron chi connectivity index (χ4n) is 23.3. The summed E-state index contributed by atoms with van der Waals surface area (Å²) in [5.74, 6) is 7.03. The Morgan fingerprint density at radius 1 is 0.103 bits per heavy atom. The average Bonchev–Trinajstić information content (AvgIpc) is 0.710. The fourth-order valence-corrected chi connectivity index (χ4v) is 23.3. The van der Waals surface area contributed by atoms with Crippen LogP contribution in [0.1, 0.15) is 0 Å². The third-order valence-corrected chi connectivity index (χ3v) is 29.3. The van der Waals surface area contributed by atoms with E-state index < -0.39 is 0 Å². The second-order valence-electron chi connectivity index (χ2n) is 36.5. The van der Waals surface area contributed by atoms with Gasteiger partial charge in [-0.3, -0.25) is 0 Å². The van der Waals surface area contributed by atoms with Crippen LogP contribution in [0.3, 0.4) is 0 Å². The van der Waals surface area contributed by atoms with Crippen LogP contribution in [0, 0.1) is 0 Å². The van der Waals surface area contributed by atoms with Crippen molar-refractivity contribution in [1.82, 2.24) is 0 Å². The van der Waals surface area contributed by atoms with Gasteiger partial charge < -0.3 is 18.9 Å². The zero-order chi connectivity index (χ0) is 88.9. The summed E-state index contributed by atoms with van der Waals surface area (Å²) in [5.41, 5.74) is 28.0. The van der Waals surface area contributed by atoms with Crippen molar-refractivity contribution in [2.75, 3.05) is 0 Å². The lowest BCUT2D eigenvalue weighted by Crippen LogP contribution is -1.99. The van der Waals surface area contributed by atoms with Gasteiger partial charge in [0.2, 0.25) is 0 Å². The molecular weight excluding hydrogens is 1650 g/mol. The SMILES string of the molecule is c1ccc2c(c1)Oc1ccc(-c3c4ccc(-c5cccc6ccccc56)cc4c(-c4ccc5c(c4)Oc4cccc6cccc-5c46)c4ccc(-c5cccc6ccccc56)cc34)c3cccc-2c13.c1ccc2c(c1)Oc1cccc3c(-c4c5ccc(-c6cccc7ccccc67)cc5c(-c5ccc6c(c5)Oc5cccc7cccc-6c57)c5ccc(-c6cccc7ccccc67)cc45)ccc-2c13. The molecule has 26 aromatic carbocycles. The van der Waals surface area contributed by atoms with Crippen molar-refractivity contribution in [3.8, 4) is 180 Å². The Labute approximate surface area is 783 Å². The van der Waals surface area contributed by atoms with Crippen LogP contribution < -0.4 is 18.9 Å². The van der Waals surface area contributed by atoms with Crippen molar-refractivity contribution in [2.24, 2.45) is 0 Å². The van der Waals surface area contributed by atoms with Gasteiger partial charge in [-0.05, 0) is 310 Å². The van der Waals surface area contributed by atoms with Gasteiger partial charge in [-0.2, -0.15) is 0 Å². The Kier molecular flexibility index (Phi) is 16.6. The van der Waals surface area contributed by atoms with Crippen molar-refractivity contribution < 1.29 is 18.9 Å². The molecule has 0 bridgehead atoms. The summed E-state index contributed by atoms with van der Waals surface area (Å²) in [6, 6.07) is 169. The highest BCUT2D eigenvalue weighted by molar-refractivity contribution is 6.29. The molecule has 0 radical (unpaired) electrons. The van der Waals surface area contributed by atoms with E-state index in [1.165, 1.54) is 197 Å². The fraction of sp³-hybridized carbons (Fsp3) is 0. The van der Waals surface area contributed by atoms with E-state index >= 15 is 0 Å².